The van der Waals surface area contributed by atoms with Crippen LogP contribution in [0.1, 0.15) is 106 Å². The molecule has 0 unspecified atom stereocenters. The van der Waals surface area contributed by atoms with Gasteiger partial charge in [0.05, 0.1) is 12.0 Å². The third-order valence-electron chi connectivity index (χ3n) is 13.5. The molecule has 0 spiro atoms. The van der Waals surface area contributed by atoms with Crippen LogP contribution in [0.25, 0.3) is 0 Å². The largest absolute Gasteiger partial charge is 0.504 e. The Hall–Kier alpha value is -3.20. The molecule has 6 atom stereocenters. The average molecular weight is 666 g/mol. The Morgan fingerprint density at radius 2 is 1.81 bits per heavy atom. The van der Waals surface area contributed by atoms with E-state index in [2.05, 4.69) is 51.8 Å². The van der Waals surface area contributed by atoms with Gasteiger partial charge in [0, 0.05) is 17.5 Å². The normalized spacial score (nSPS) is 36.3. The fourth-order valence-electron chi connectivity index (χ4n) is 10.2. The first-order valence-corrected chi connectivity index (χ1v) is 17.5. The van der Waals surface area contributed by atoms with E-state index < -0.39 is 10.3 Å². The van der Waals surface area contributed by atoms with E-state index in [0.717, 1.165) is 68.9 Å². The molecule has 0 radical (unpaired) electrons. The van der Waals surface area contributed by atoms with E-state index in [-0.39, 0.29) is 50.3 Å². The fourth-order valence-corrected chi connectivity index (χ4v) is 10.4. The number of aryl methyl sites for hydroxylation is 1. The lowest BCUT2D eigenvalue weighted by Gasteiger charge is -2.70. The molecule has 1 aromatic heterocycles. The van der Waals surface area contributed by atoms with E-state index in [9.17, 15) is 24.8 Å². The van der Waals surface area contributed by atoms with Gasteiger partial charge >= 0.3 is 17.1 Å². The minimum absolute atomic E-state index is 0.0332. The number of unbranched alkanes of at least 4 members (excludes halogenated alkanes) is 2. The molecule has 47 heavy (non-hydrogen) atoms. The second kappa shape index (κ2) is 11.5. The number of ether oxygens (including phenoxy) is 1. The molecule has 1 aromatic rings. The van der Waals surface area contributed by atoms with E-state index in [0.29, 0.717) is 31.1 Å². The van der Waals surface area contributed by atoms with Crippen LogP contribution in [0.5, 0.6) is 0 Å². The van der Waals surface area contributed by atoms with Gasteiger partial charge in [0.2, 0.25) is 5.78 Å². The predicted octanol–water partition coefficient (Wildman–Crippen LogP) is 8.78. The number of fused-ring (bicyclic) bond motifs is 7. The number of aliphatic hydroxyl groups excluding tert-OH is 1. The van der Waals surface area contributed by atoms with E-state index in [1.807, 2.05) is 6.92 Å². The summed E-state index contributed by atoms with van der Waals surface area (Å²) in [5.74, 6) is -0.485. The number of hydrogen-bond donors (Lipinski definition) is 1. The number of carbonyl (C=O) groups excluding carboxylic acids is 2. The summed E-state index contributed by atoms with van der Waals surface area (Å²) in [6, 6.07) is 0. The smallest absolute Gasteiger partial charge is 0.383 e. The molecule has 10 heteroatoms. The molecule has 9 nitrogen and oxygen atoms in total. The first kappa shape index (κ1) is 33.7. The SMILES string of the molecule is CC1=C(O)C(=O)C=C2C1=CC=C1[C@@]2(C)CC[C@@]2(C)[C@@H]3C[C@](C)(C(=O)OCCCCCn4cc([N+](=O)[O-])nc4Cl)CC[C@]3(C)CC[C@]12C. The highest BCUT2D eigenvalue weighted by molar-refractivity contribution is 6.28. The van der Waals surface area contributed by atoms with Crippen LogP contribution in [0.15, 0.2) is 52.5 Å². The number of hydrogen-bond acceptors (Lipinski definition) is 7. The molecule has 0 saturated heterocycles. The molecule has 3 saturated carbocycles. The number of aromatic nitrogens is 2. The minimum Gasteiger partial charge on any atom is -0.504 e. The quantitative estimate of drug-likeness (QED) is 0.127. The lowest BCUT2D eigenvalue weighted by Crippen LogP contribution is -2.62. The molecule has 1 N–H and O–H groups in total. The minimum atomic E-state index is -0.557. The number of nitro groups is 1. The van der Waals surface area contributed by atoms with Gasteiger partial charge in [-0.3, -0.25) is 14.2 Å². The highest BCUT2D eigenvalue weighted by Gasteiger charge is 2.67. The second-order valence-corrected chi connectivity index (χ2v) is 16.5. The van der Waals surface area contributed by atoms with Gasteiger partial charge in [0.1, 0.15) is 6.20 Å². The van der Waals surface area contributed by atoms with Crippen LogP contribution in [-0.2, 0) is 20.9 Å². The number of nitrogens with zero attached hydrogens (tertiary/aromatic N) is 3. The monoisotopic (exact) mass is 665 g/mol. The summed E-state index contributed by atoms with van der Waals surface area (Å²) in [6.07, 6.45) is 16.4. The topological polar surface area (TPSA) is 125 Å². The summed E-state index contributed by atoms with van der Waals surface area (Å²) in [5, 5.41) is 21.5. The molecule has 254 valence electrons. The van der Waals surface area contributed by atoms with Crippen molar-refractivity contribution in [2.24, 2.45) is 33.0 Å². The molecule has 0 amide bonds. The number of aliphatic hydroxyl groups is 1. The van der Waals surface area contributed by atoms with Crippen LogP contribution < -0.4 is 0 Å². The number of ketones is 1. The Kier molecular flexibility index (Phi) is 8.21. The van der Waals surface area contributed by atoms with Crippen LogP contribution in [0, 0.1) is 43.1 Å². The maximum absolute atomic E-state index is 13.7. The summed E-state index contributed by atoms with van der Waals surface area (Å²) in [6.45, 7) is 14.4. The van der Waals surface area contributed by atoms with E-state index in [1.54, 1.807) is 10.6 Å². The van der Waals surface area contributed by atoms with Gasteiger partial charge in [-0.05, 0) is 139 Å². The summed E-state index contributed by atoms with van der Waals surface area (Å²) in [5.41, 5.74) is 3.24. The number of imidazole rings is 1. The van der Waals surface area contributed by atoms with Crippen molar-refractivity contribution in [3.8, 4) is 0 Å². The summed E-state index contributed by atoms with van der Waals surface area (Å²) in [7, 11) is 0. The Bertz CT molecular complexity index is 1670. The highest BCUT2D eigenvalue weighted by Crippen LogP contribution is 2.75. The first-order valence-electron chi connectivity index (χ1n) is 17.1. The molecule has 5 aliphatic rings. The van der Waals surface area contributed by atoms with Crippen LogP contribution >= 0.6 is 11.6 Å². The molecule has 0 aliphatic heterocycles. The maximum Gasteiger partial charge on any atom is 0.383 e. The molecule has 0 aromatic carbocycles. The van der Waals surface area contributed by atoms with Gasteiger partial charge in [-0.15, -0.1) is 0 Å². The van der Waals surface area contributed by atoms with Crippen molar-refractivity contribution >= 4 is 29.2 Å². The Labute approximate surface area is 282 Å². The average Bonchev–Trinajstić information content (AvgIpc) is 3.40. The number of carbonyl (C=O) groups is 2. The first-order chi connectivity index (χ1) is 22.0. The molecule has 5 aliphatic carbocycles. The van der Waals surface area contributed by atoms with Crippen molar-refractivity contribution in [3.05, 3.63) is 67.9 Å². The lowest BCUT2D eigenvalue weighted by molar-refractivity contribution is -0.389. The van der Waals surface area contributed by atoms with Crippen molar-refractivity contribution in [3.63, 3.8) is 0 Å². The molecule has 6 rings (SSSR count). The van der Waals surface area contributed by atoms with Gasteiger partial charge in [-0.1, -0.05) is 45.4 Å². The number of halogens is 1. The Morgan fingerprint density at radius 1 is 1.09 bits per heavy atom. The third kappa shape index (κ3) is 5.13. The Balaban J connectivity index is 1.15. The zero-order chi connectivity index (χ0) is 34.2. The number of esters is 1. The van der Waals surface area contributed by atoms with Crippen molar-refractivity contribution in [2.45, 2.75) is 112 Å². The van der Waals surface area contributed by atoms with E-state index in [4.69, 9.17) is 16.3 Å². The molecule has 0 bridgehead atoms. The van der Waals surface area contributed by atoms with Crippen molar-refractivity contribution in [2.75, 3.05) is 6.61 Å². The lowest BCUT2D eigenvalue weighted by atomic mass is 9.34. The van der Waals surface area contributed by atoms with Crippen LogP contribution in [0.3, 0.4) is 0 Å². The van der Waals surface area contributed by atoms with Crippen LogP contribution in [-0.4, -0.2) is 37.9 Å². The highest BCUT2D eigenvalue weighted by atomic mass is 35.5. The molecule has 1 heterocycles. The summed E-state index contributed by atoms with van der Waals surface area (Å²) >= 11 is 6.02. The molecular weight excluding hydrogens is 618 g/mol. The van der Waals surface area contributed by atoms with Gasteiger partial charge in [0.15, 0.2) is 5.76 Å². The molecular formula is C37H48ClN3O6. The zero-order valence-corrected chi connectivity index (χ0v) is 29.3. The summed E-state index contributed by atoms with van der Waals surface area (Å²) in [4.78, 5) is 40.7. The second-order valence-electron chi connectivity index (χ2n) is 16.1. The van der Waals surface area contributed by atoms with Crippen molar-refractivity contribution in [1.29, 1.82) is 0 Å². The van der Waals surface area contributed by atoms with E-state index in [1.165, 1.54) is 11.8 Å². The van der Waals surface area contributed by atoms with Crippen LogP contribution in [0.4, 0.5) is 5.82 Å². The molecule has 3 fully saturated rings. The predicted molar refractivity (Wildman–Crippen MR) is 180 cm³/mol. The van der Waals surface area contributed by atoms with Gasteiger partial charge < -0.3 is 20.0 Å². The van der Waals surface area contributed by atoms with Crippen molar-refractivity contribution in [1.82, 2.24) is 9.55 Å². The standard InChI is InChI=1S/C37H48ClN3O6/c1-23-24-10-11-27-35(4,25(24)20-26(42)30(23)43)15-17-37(6)28-21-34(3,13-12-33(28,2)14-16-36(27,37)5)31(44)47-19-9-7-8-18-40-22-29(41(45)46)39-32(40)38/h10-11,20,22,28,43H,7-9,12-19,21H2,1-6H3/t28-,33-,34-,35+,36-,37+/m1/s1. The Morgan fingerprint density at radius 3 is 2.51 bits per heavy atom. The van der Waals surface area contributed by atoms with Crippen molar-refractivity contribution < 1.29 is 24.4 Å². The third-order valence-corrected chi connectivity index (χ3v) is 13.8. The summed E-state index contributed by atoms with van der Waals surface area (Å²) < 4.78 is 7.51. The van der Waals surface area contributed by atoms with Gasteiger partial charge in [0.25, 0.3) is 0 Å². The zero-order valence-electron chi connectivity index (χ0n) is 28.6. The fraction of sp³-hybridized carbons (Fsp3) is 0.649. The van der Waals surface area contributed by atoms with Gasteiger partial charge in [-0.2, -0.15) is 0 Å². The van der Waals surface area contributed by atoms with Gasteiger partial charge in [-0.25, -0.2) is 0 Å². The van der Waals surface area contributed by atoms with E-state index >= 15 is 0 Å². The number of rotatable bonds is 8. The van der Waals surface area contributed by atoms with Crippen LogP contribution in [0.2, 0.25) is 5.28 Å². The maximum atomic E-state index is 13.7. The number of allylic oxidation sites excluding steroid dienone is 7.